The summed E-state index contributed by atoms with van der Waals surface area (Å²) in [5.74, 6) is 0.542. The highest BCUT2D eigenvalue weighted by Crippen LogP contribution is 2.29. The number of benzene rings is 2. The zero-order valence-electron chi connectivity index (χ0n) is 14.5. The largest absolute Gasteiger partial charge is 0.495 e. The quantitative estimate of drug-likeness (QED) is 0.805. The maximum absolute atomic E-state index is 12.6. The summed E-state index contributed by atoms with van der Waals surface area (Å²) < 4.78 is 38.4. The zero-order valence-corrected chi connectivity index (χ0v) is 15.3. The first-order valence-corrected chi connectivity index (χ1v) is 9.60. The smallest absolute Gasteiger partial charge is 0.265 e. The lowest BCUT2D eigenvalue weighted by Gasteiger charge is -2.25. The Morgan fingerprint density at radius 2 is 2.00 bits per heavy atom. The maximum Gasteiger partial charge on any atom is 0.265 e. The van der Waals surface area contributed by atoms with E-state index in [1.54, 1.807) is 49.4 Å². The predicted molar refractivity (Wildman–Crippen MR) is 97.0 cm³/mol. The minimum atomic E-state index is -3.77. The Labute approximate surface area is 152 Å². The van der Waals surface area contributed by atoms with Crippen LogP contribution in [-0.4, -0.2) is 34.1 Å². The molecule has 8 heteroatoms. The van der Waals surface area contributed by atoms with Crippen LogP contribution in [0.25, 0.3) is 0 Å². The van der Waals surface area contributed by atoms with Crippen molar-refractivity contribution in [1.29, 1.82) is 0 Å². The van der Waals surface area contributed by atoms with Crippen LogP contribution in [0.15, 0.2) is 47.4 Å². The average molecular weight is 376 g/mol. The predicted octanol–water partition coefficient (Wildman–Crippen LogP) is 2.07. The molecule has 2 aromatic carbocycles. The van der Waals surface area contributed by atoms with E-state index in [4.69, 9.17) is 9.47 Å². The fourth-order valence-corrected chi connectivity index (χ4v) is 3.98. The van der Waals surface area contributed by atoms with Crippen LogP contribution in [0, 0.1) is 6.92 Å². The lowest BCUT2D eigenvalue weighted by atomic mass is 10.2. The van der Waals surface area contributed by atoms with E-state index in [2.05, 4.69) is 10.0 Å². The molecule has 0 spiro atoms. The third-order valence-electron chi connectivity index (χ3n) is 4.01. The molecule has 7 nitrogen and oxygen atoms in total. The van der Waals surface area contributed by atoms with Gasteiger partial charge in [0.2, 0.25) is 10.0 Å². The number of carbonyl (C=O) groups is 1. The molecule has 0 fully saturated rings. The minimum absolute atomic E-state index is 0.0552. The number of sulfonamides is 1. The molecule has 0 aliphatic carbocycles. The van der Waals surface area contributed by atoms with Crippen LogP contribution in [-0.2, 0) is 14.8 Å². The summed E-state index contributed by atoms with van der Waals surface area (Å²) in [4.78, 5) is 12.2. The summed E-state index contributed by atoms with van der Waals surface area (Å²) in [5.41, 5.74) is 1.41. The van der Waals surface area contributed by atoms with Crippen molar-refractivity contribution in [2.24, 2.45) is 0 Å². The van der Waals surface area contributed by atoms with Crippen molar-refractivity contribution >= 4 is 21.6 Å². The molecule has 1 atom stereocenters. The summed E-state index contributed by atoms with van der Waals surface area (Å²) in [7, 11) is -2.35. The zero-order chi connectivity index (χ0) is 18.7. The molecule has 1 aliphatic rings. The van der Waals surface area contributed by atoms with Crippen molar-refractivity contribution in [3.05, 3.63) is 48.0 Å². The van der Waals surface area contributed by atoms with E-state index in [-0.39, 0.29) is 29.5 Å². The van der Waals surface area contributed by atoms with Crippen molar-refractivity contribution in [2.45, 2.75) is 24.3 Å². The van der Waals surface area contributed by atoms with Crippen LogP contribution >= 0.6 is 0 Å². The second-order valence-corrected chi connectivity index (χ2v) is 7.67. The molecule has 1 heterocycles. The van der Waals surface area contributed by atoms with Crippen molar-refractivity contribution in [1.82, 2.24) is 4.72 Å². The van der Waals surface area contributed by atoms with Crippen molar-refractivity contribution in [3.63, 3.8) is 0 Å². The summed E-state index contributed by atoms with van der Waals surface area (Å²) in [6.07, 6.45) is -0.555. The SMILES string of the molecule is COc1ccc(C)cc1S(=O)(=O)NCCC1Oc2ccccc2NC1=O. The molecule has 26 heavy (non-hydrogen) atoms. The molecule has 2 N–H and O–H groups in total. The number of rotatable bonds is 6. The first-order valence-electron chi connectivity index (χ1n) is 8.11. The standard InChI is InChI=1S/C18H20N2O5S/c1-12-7-8-15(24-2)17(11-12)26(22,23)19-10-9-16-18(21)20-13-5-3-4-6-14(13)25-16/h3-8,11,16,19H,9-10H2,1-2H3,(H,20,21). The molecule has 0 aromatic heterocycles. The van der Waals surface area contributed by atoms with E-state index < -0.39 is 16.1 Å². The molecule has 1 unspecified atom stereocenters. The minimum Gasteiger partial charge on any atom is -0.495 e. The molecule has 0 saturated carbocycles. The lowest BCUT2D eigenvalue weighted by Crippen LogP contribution is -2.39. The van der Waals surface area contributed by atoms with Gasteiger partial charge in [0.1, 0.15) is 16.4 Å². The number of nitrogens with one attached hydrogen (secondary N) is 2. The number of carbonyl (C=O) groups excluding carboxylic acids is 1. The topological polar surface area (TPSA) is 93.7 Å². The number of methoxy groups -OCH3 is 1. The van der Waals surface area contributed by atoms with Gasteiger partial charge >= 0.3 is 0 Å². The number of para-hydroxylation sites is 2. The number of hydrogen-bond acceptors (Lipinski definition) is 5. The van der Waals surface area contributed by atoms with Gasteiger partial charge in [-0.25, -0.2) is 13.1 Å². The first kappa shape index (κ1) is 18.2. The highest BCUT2D eigenvalue weighted by Gasteiger charge is 2.28. The van der Waals surface area contributed by atoms with Crippen LogP contribution in [0.2, 0.25) is 0 Å². The van der Waals surface area contributed by atoms with E-state index in [9.17, 15) is 13.2 Å². The molecule has 0 radical (unpaired) electrons. The van der Waals surface area contributed by atoms with Crippen molar-refractivity contribution in [2.75, 3.05) is 19.0 Å². The van der Waals surface area contributed by atoms with Crippen LogP contribution in [0.4, 0.5) is 5.69 Å². The van der Waals surface area contributed by atoms with Gasteiger partial charge in [0, 0.05) is 13.0 Å². The van der Waals surface area contributed by atoms with Crippen LogP contribution in [0.1, 0.15) is 12.0 Å². The Hall–Kier alpha value is -2.58. The van der Waals surface area contributed by atoms with Crippen LogP contribution in [0.5, 0.6) is 11.5 Å². The van der Waals surface area contributed by atoms with Gasteiger partial charge in [0.15, 0.2) is 6.10 Å². The van der Waals surface area contributed by atoms with Gasteiger partial charge in [-0.15, -0.1) is 0 Å². The second-order valence-electron chi connectivity index (χ2n) is 5.93. The van der Waals surface area contributed by atoms with E-state index >= 15 is 0 Å². The number of ether oxygens (including phenoxy) is 2. The molecule has 138 valence electrons. The third kappa shape index (κ3) is 3.81. The Balaban J connectivity index is 1.66. The molecular weight excluding hydrogens is 356 g/mol. The number of fused-ring (bicyclic) bond motifs is 1. The van der Waals surface area contributed by atoms with Crippen LogP contribution in [0.3, 0.4) is 0 Å². The van der Waals surface area contributed by atoms with E-state index in [0.717, 1.165) is 5.56 Å². The van der Waals surface area contributed by atoms with Gasteiger partial charge in [-0.1, -0.05) is 18.2 Å². The van der Waals surface area contributed by atoms with Gasteiger partial charge < -0.3 is 14.8 Å². The lowest BCUT2D eigenvalue weighted by molar-refractivity contribution is -0.123. The fourth-order valence-electron chi connectivity index (χ4n) is 2.68. The van der Waals surface area contributed by atoms with Gasteiger partial charge in [-0.3, -0.25) is 4.79 Å². The summed E-state index contributed by atoms with van der Waals surface area (Å²) in [5, 5.41) is 2.75. The Morgan fingerprint density at radius 3 is 2.77 bits per heavy atom. The number of anilines is 1. The van der Waals surface area contributed by atoms with Crippen LogP contribution < -0.4 is 19.5 Å². The van der Waals surface area contributed by atoms with Gasteiger partial charge in [-0.05, 0) is 36.8 Å². The first-order chi connectivity index (χ1) is 12.4. The van der Waals surface area contributed by atoms with E-state index in [1.165, 1.54) is 7.11 Å². The second kappa shape index (κ2) is 7.35. The van der Waals surface area contributed by atoms with Gasteiger partial charge in [0.25, 0.3) is 5.91 Å². The van der Waals surface area contributed by atoms with Gasteiger partial charge in [-0.2, -0.15) is 0 Å². The molecule has 0 saturated heterocycles. The monoisotopic (exact) mass is 376 g/mol. The molecule has 0 bridgehead atoms. The molecule has 1 amide bonds. The summed E-state index contributed by atoms with van der Waals surface area (Å²) >= 11 is 0. The Kier molecular flexibility index (Phi) is 5.15. The number of amides is 1. The summed E-state index contributed by atoms with van der Waals surface area (Å²) in [6.45, 7) is 1.86. The molecule has 1 aliphatic heterocycles. The molecule has 2 aromatic rings. The average Bonchev–Trinajstić information content (AvgIpc) is 2.62. The van der Waals surface area contributed by atoms with E-state index in [1.807, 2.05) is 0 Å². The molecule has 3 rings (SSSR count). The van der Waals surface area contributed by atoms with E-state index in [0.29, 0.717) is 11.4 Å². The van der Waals surface area contributed by atoms with Crippen molar-refractivity contribution in [3.8, 4) is 11.5 Å². The summed E-state index contributed by atoms with van der Waals surface area (Å²) in [6, 6.07) is 12.0. The highest BCUT2D eigenvalue weighted by atomic mass is 32.2. The highest BCUT2D eigenvalue weighted by molar-refractivity contribution is 7.89. The van der Waals surface area contributed by atoms with Crippen molar-refractivity contribution < 1.29 is 22.7 Å². The third-order valence-corrected chi connectivity index (χ3v) is 5.50. The Morgan fingerprint density at radius 1 is 1.23 bits per heavy atom. The normalized spacial score (nSPS) is 16.4. The maximum atomic E-state index is 12.6. The number of hydrogen-bond donors (Lipinski definition) is 2. The Bertz CT molecular complexity index is 927. The fraction of sp³-hybridized carbons (Fsp3) is 0.278. The number of aryl methyl sites for hydroxylation is 1. The van der Waals surface area contributed by atoms with Gasteiger partial charge in [0.05, 0.1) is 12.8 Å². The molecular formula is C18H20N2O5S.